The summed E-state index contributed by atoms with van der Waals surface area (Å²) in [4.78, 5) is 4.79. The highest BCUT2D eigenvalue weighted by Crippen LogP contribution is 2.49. The molecule has 0 aliphatic rings. The van der Waals surface area contributed by atoms with Gasteiger partial charge in [0.2, 0.25) is 0 Å². The first kappa shape index (κ1) is 42.2. The third-order valence-electron chi connectivity index (χ3n) is 13.1. The molecule has 0 aromatic heterocycles. The van der Waals surface area contributed by atoms with E-state index in [0.717, 1.165) is 34.1 Å². The summed E-state index contributed by atoms with van der Waals surface area (Å²) in [7, 11) is 0. The van der Waals surface area contributed by atoms with Crippen molar-refractivity contribution in [2.75, 3.05) is 9.80 Å². The Kier molecular flexibility index (Phi) is 11.2. The van der Waals surface area contributed by atoms with Crippen LogP contribution < -0.4 is 9.80 Å². The molecular weight excluding hydrogens is 821 g/mol. The summed E-state index contributed by atoms with van der Waals surface area (Å²) in [5.74, 6) is 0. The Balaban J connectivity index is 1.18. The summed E-state index contributed by atoms with van der Waals surface area (Å²) in [6, 6.07) is 88.9. The van der Waals surface area contributed by atoms with Crippen molar-refractivity contribution in [1.29, 1.82) is 0 Å². The van der Waals surface area contributed by atoms with Gasteiger partial charge < -0.3 is 9.80 Å². The van der Waals surface area contributed by atoms with Gasteiger partial charge in [0, 0.05) is 34.1 Å². The molecule has 0 saturated heterocycles. The van der Waals surface area contributed by atoms with E-state index in [0.29, 0.717) is 0 Å². The molecule has 0 aliphatic heterocycles. The first-order chi connectivity index (χ1) is 33.3. The topological polar surface area (TPSA) is 6.48 Å². The van der Waals surface area contributed by atoms with Gasteiger partial charge in [-0.1, -0.05) is 192 Å². The van der Waals surface area contributed by atoms with E-state index < -0.39 is 0 Å². The van der Waals surface area contributed by atoms with Gasteiger partial charge in [0.1, 0.15) is 0 Å². The first-order valence-corrected chi connectivity index (χ1v) is 23.6. The van der Waals surface area contributed by atoms with Crippen molar-refractivity contribution in [3.63, 3.8) is 0 Å². The van der Waals surface area contributed by atoms with Gasteiger partial charge in [0.15, 0.2) is 0 Å². The molecule has 0 saturated carbocycles. The number of aryl methyl sites for hydroxylation is 4. The van der Waals surface area contributed by atoms with Crippen LogP contribution >= 0.6 is 0 Å². The van der Waals surface area contributed by atoms with Crippen molar-refractivity contribution in [2.24, 2.45) is 0 Å². The lowest BCUT2D eigenvalue weighted by Gasteiger charge is -2.28. The minimum Gasteiger partial charge on any atom is -0.310 e. The van der Waals surface area contributed by atoms with Crippen LogP contribution in [0.15, 0.2) is 243 Å². The fourth-order valence-electron chi connectivity index (χ4n) is 10.3. The Labute approximate surface area is 400 Å². The zero-order valence-electron chi connectivity index (χ0n) is 39.0. The Morgan fingerprint density at radius 2 is 0.485 bits per heavy atom. The molecule has 0 N–H and O–H groups in total. The van der Waals surface area contributed by atoms with E-state index in [2.05, 4.69) is 280 Å². The number of para-hydroxylation sites is 2. The van der Waals surface area contributed by atoms with E-state index in [1.54, 1.807) is 0 Å². The van der Waals surface area contributed by atoms with Crippen LogP contribution in [0.1, 0.15) is 22.3 Å². The Morgan fingerprint density at radius 3 is 0.824 bits per heavy atom. The van der Waals surface area contributed by atoms with Crippen molar-refractivity contribution in [3.8, 4) is 44.5 Å². The van der Waals surface area contributed by atoms with Gasteiger partial charge in [-0.25, -0.2) is 0 Å². The van der Waals surface area contributed by atoms with Crippen LogP contribution in [-0.2, 0) is 0 Å². The largest absolute Gasteiger partial charge is 0.310 e. The van der Waals surface area contributed by atoms with Crippen molar-refractivity contribution in [2.45, 2.75) is 27.7 Å². The predicted molar refractivity (Wildman–Crippen MR) is 292 cm³/mol. The third kappa shape index (κ3) is 8.23. The van der Waals surface area contributed by atoms with Crippen molar-refractivity contribution in [1.82, 2.24) is 0 Å². The summed E-state index contributed by atoms with van der Waals surface area (Å²) in [5, 5.41) is 4.84. The molecule has 0 atom stereocenters. The van der Waals surface area contributed by atoms with Crippen LogP contribution in [0.4, 0.5) is 34.1 Å². The third-order valence-corrected chi connectivity index (χ3v) is 13.1. The highest BCUT2D eigenvalue weighted by atomic mass is 15.1. The second kappa shape index (κ2) is 18.1. The van der Waals surface area contributed by atoms with E-state index in [-0.39, 0.29) is 0 Å². The molecule has 11 aromatic carbocycles. The fourth-order valence-corrected chi connectivity index (χ4v) is 10.3. The Bertz CT molecular complexity index is 3280. The molecule has 0 unspecified atom stereocenters. The Hall–Kier alpha value is -8.46. The summed E-state index contributed by atoms with van der Waals surface area (Å²) in [5.41, 5.74) is 21.2. The standard InChI is InChI=1S/C66H52N2/c1-45-37-46(2)40-53(39-45)65-61-35-33-60(68(56-23-15-8-16-24-56)58-31-27-52(28-32-58)50-19-11-6-12-20-50)44-64(61)66(54-41-47(3)38-48(4)42-54)62-36-34-59(43-63(62)65)67(55-21-13-7-14-22-55)57-29-25-51(26-30-57)49-17-9-5-10-18-49/h5-44H,1-4H3. The van der Waals surface area contributed by atoms with Gasteiger partial charge in [-0.2, -0.15) is 0 Å². The van der Waals surface area contributed by atoms with Crippen LogP contribution in [0.5, 0.6) is 0 Å². The monoisotopic (exact) mass is 872 g/mol. The minimum absolute atomic E-state index is 1.10. The Morgan fingerprint density at radius 1 is 0.206 bits per heavy atom. The van der Waals surface area contributed by atoms with Gasteiger partial charge in [-0.3, -0.25) is 0 Å². The molecule has 0 heterocycles. The summed E-state index contributed by atoms with van der Waals surface area (Å²) in [6.45, 7) is 8.85. The van der Waals surface area contributed by atoms with Crippen molar-refractivity contribution < 1.29 is 0 Å². The molecule has 0 bridgehead atoms. The average molecular weight is 873 g/mol. The predicted octanol–water partition coefficient (Wildman–Crippen LogP) is 18.8. The molecule has 11 aromatic rings. The maximum absolute atomic E-state index is 2.44. The first-order valence-electron chi connectivity index (χ1n) is 23.6. The van der Waals surface area contributed by atoms with Gasteiger partial charge in [0.05, 0.1) is 0 Å². The van der Waals surface area contributed by atoms with Crippen LogP contribution in [0.2, 0.25) is 0 Å². The highest BCUT2D eigenvalue weighted by molar-refractivity contribution is 6.22. The van der Waals surface area contributed by atoms with Gasteiger partial charge >= 0.3 is 0 Å². The zero-order valence-corrected chi connectivity index (χ0v) is 39.0. The molecule has 2 heteroatoms. The molecule has 11 rings (SSSR count). The second-order valence-corrected chi connectivity index (χ2v) is 18.1. The van der Waals surface area contributed by atoms with E-state index >= 15 is 0 Å². The van der Waals surface area contributed by atoms with E-state index in [1.807, 2.05) is 0 Å². The molecule has 0 spiro atoms. The molecule has 0 radical (unpaired) electrons. The summed E-state index contributed by atoms with van der Waals surface area (Å²) < 4.78 is 0. The van der Waals surface area contributed by atoms with Crippen LogP contribution in [0.3, 0.4) is 0 Å². The van der Waals surface area contributed by atoms with Gasteiger partial charge in [0.25, 0.3) is 0 Å². The molecule has 68 heavy (non-hydrogen) atoms. The highest BCUT2D eigenvalue weighted by Gasteiger charge is 2.23. The van der Waals surface area contributed by atoms with Crippen LogP contribution in [0, 0.1) is 27.7 Å². The summed E-state index contributed by atoms with van der Waals surface area (Å²) >= 11 is 0. The maximum Gasteiger partial charge on any atom is 0.0468 e. The number of hydrogen-bond acceptors (Lipinski definition) is 2. The smallest absolute Gasteiger partial charge is 0.0468 e. The molecule has 0 aliphatic carbocycles. The van der Waals surface area contributed by atoms with Crippen LogP contribution in [0.25, 0.3) is 66.1 Å². The number of rotatable bonds is 10. The second-order valence-electron chi connectivity index (χ2n) is 18.1. The zero-order chi connectivity index (χ0) is 46.1. The van der Waals surface area contributed by atoms with E-state index in [9.17, 15) is 0 Å². The number of hydrogen-bond donors (Lipinski definition) is 0. The lowest BCUT2D eigenvalue weighted by Crippen LogP contribution is -2.10. The number of anilines is 6. The average Bonchev–Trinajstić information content (AvgIpc) is 3.37. The van der Waals surface area contributed by atoms with E-state index in [4.69, 9.17) is 0 Å². The number of fused-ring (bicyclic) bond motifs is 2. The summed E-state index contributed by atoms with van der Waals surface area (Å²) in [6.07, 6.45) is 0. The molecule has 2 nitrogen and oxygen atoms in total. The lowest BCUT2D eigenvalue weighted by atomic mass is 9.84. The fraction of sp³-hybridized carbons (Fsp3) is 0.0606. The molecule has 326 valence electrons. The maximum atomic E-state index is 2.44. The van der Waals surface area contributed by atoms with Crippen LogP contribution in [-0.4, -0.2) is 0 Å². The molecule has 0 fully saturated rings. The minimum atomic E-state index is 1.10. The normalized spacial score (nSPS) is 11.2. The molecular formula is C66H52N2. The van der Waals surface area contributed by atoms with Gasteiger partial charge in [-0.05, 0) is 167 Å². The number of benzene rings is 11. The number of nitrogens with zero attached hydrogens (tertiary/aromatic N) is 2. The van der Waals surface area contributed by atoms with Crippen molar-refractivity contribution >= 4 is 55.7 Å². The molecule has 0 amide bonds. The lowest BCUT2D eigenvalue weighted by molar-refractivity contribution is 1.29. The quantitative estimate of drug-likeness (QED) is 0.126. The SMILES string of the molecule is Cc1cc(C)cc(-c2c3ccc(N(c4ccccc4)c4ccc(-c5ccccc5)cc4)cc3c(-c3cc(C)cc(C)c3)c3ccc(N(c4ccccc4)c4ccc(-c5ccccc5)cc4)cc23)c1. The van der Waals surface area contributed by atoms with Crippen molar-refractivity contribution in [3.05, 3.63) is 265 Å². The van der Waals surface area contributed by atoms with E-state index in [1.165, 1.54) is 88.3 Å². The van der Waals surface area contributed by atoms with Gasteiger partial charge in [-0.15, -0.1) is 0 Å².